The fourth-order valence-corrected chi connectivity index (χ4v) is 2.45. The van der Waals surface area contributed by atoms with E-state index in [2.05, 4.69) is 39.1 Å². The highest BCUT2D eigenvalue weighted by molar-refractivity contribution is 5.51. The summed E-state index contributed by atoms with van der Waals surface area (Å²) >= 11 is 0. The number of hydrogen-bond acceptors (Lipinski definition) is 2. The maximum absolute atomic E-state index is 4.81. The van der Waals surface area contributed by atoms with Crippen molar-refractivity contribution in [3.63, 3.8) is 0 Å². The maximum Gasteiger partial charge on any atom is 0.129 e. The Hall–Kier alpha value is -1.05. The molecule has 1 aliphatic carbocycles. The van der Waals surface area contributed by atoms with Crippen molar-refractivity contribution in [2.24, 2.45) is 0 Å². The molecule has 0 bridgehead atoms. The van der Waals surface area contributed by atoms with Gasteiger partial charge in [-0.15, -0.1) is 0 Å². The molecule has 2 nitrogen and oxygen atoms in total. The molecular formula is C15H24N2. The van der Waals surface area contributed by atoms with E-state index >= 15 is 0 Å². The molecule has 17 heavy (non-hydrogen) atoms. The largest absolute Gasteiger partial charge is 0.368 e. The molecule has 1 aliphatic rings. The summed E-state index contributed by atoms with van der Waals surface area (Å²) in [5.41, 5.74) is 4.22. The van der Waals surface area contributed by atoms with Gasteiger partial charge in [-0.3, -0.25) is 0 Å². The van der Waals surface area contributed by atoms with Gasteiger partial charge in [0.15, 0.2) is 0 Å². The molecule has 0 unspecified atom stereocenters. The van der Waals surface area contributed by atoms with E-state index in [1.165, 1.54) is 42.5 Å². The first-order chi connectivity index (χ1) is 8.08. The molecule has 0 spiro atoms. The van der Waals surface area contributed by atoms with Crippen LogP contribution in [-0.2, 0) is 12.8 Å². The normalized spacial score (nSPS) is 15.2. The molecule has 1 aromatic heterocycles. The zero-order chi connectivity index (χ0) is 12.4. The lowest BCUT2D eigenvalue weighted by Gasteiger charge is -2.23. The van der Waals surface area contributed by atoms with Gasteiger partial charge < -0.3 is 5.32 Å². The molecule has 1 heterocycles. The third-order valence-electron chi connectivity index (χ3n) is 3.38. The molecule has 94 valence electrons. The molecule has 2 rings (SSSR count). The van der Waals surface area contributed by atoms with E-state index < -0.39 is 0 Å². The van der Waals surface area contributed by atoms with Gasteiger partial charge in [0.05, 0.1) is 0 Å². The highest BCUT2D eigenvalue weighted by Crippen LogP contribution is 2.29. The number of rotatable bonds is 3. The van der Waals surface area contributed by atoms with E-state index in [1.54, 1.807) is 0 Å². The van der Waals surface area contributed by atoms with Crippen LogP contribution in [0.3, 0.4) is 0 Å². The summed E-state index contributed by atoms with van der Waals surface area (Å²) in [6, 6.07) is 2.78. The van der Waals surface area contributed by atoms with Crippen LogP contribution >= 0.6 is 0 Å². The van der Waals surface area contributed by atoms with Crippen molar-refractivity contribution < 1.29 is 0 Å². The van der Waals surface area contributed by atoms with Crippen LogP contribution in [0.5, 0.6) is 0 Å². The maximum atomic E-state index is 4.81. The van der Waals surface area contributed by atoms with Crippen LogP contribution in [0.1, 0.15) is 63.3 Å². The standard InChI is InChI=1S/C15H24N2/c1-10(2)14-9-12-7-5-6-8-13(12)15(17-14)16-11(3)4/h9-11H,5-8H2,1-4H3,(H,16,17). The van der Waals surface area contributed by atoms with Gasteiger partial charge >= 0.3 is 0 Å². The summed E-state index contributed by atoms with van der Waals surface area (Å²) in [6.45, 7) is 8.80. The fourth-order valence-electron chi connectivity index (χ4n) is 2.45. The number of aryl methyl sites for hydroxylation is 1. The Balaban J connectivity index is 2.42. The van der Waals surface area contributed by atoms with Crippen molar-refractivity contribution >= 4 is 5.82 Å². The van der Waals surface area contributed by atoms with E-state index in [0.29, 0.717) is 12.0 Å². The van der Waals surface area contributed by atoms with Crippen molar-refractivity contribution in [1.82, 2.24) is 4.98 Å². The van der Waals surface area contributed by atoms with Gasteiger partial charge in [0, 0.05) is 11.7 Å². The second-order valence-corrected chi connectivity index (χ2v) is 5.69. The van der Waals surface area contributed by atoms with Gasteiger partial charge in [0.1, 0.15) is 5.82 Å². The molecule has 1 aromatic rings. The zero-order valence-electron chi connectivity index (χ0n) is 11.5. The second-order valence-electron chi connectivity index (χ2n) is 5.69. The van der Waals surface area contributed by atoms with E-state index in [9.17, 15) is 0 Å². The van der Waals surface area contributed by atoms with Crippen LogP contribution in [0.2, 0.25) is 0 Å². The van der Waals surface area contributed by atoms with Gasteiger partial charge in [-0.1, -0.05) is 13.8 Å². The number of nitrogens with zero attached hydrogens (tertiary/aromatic N) is 1. The monoisotopic (exact) mass is 232 g/mol. The van der Waals surface area contributed by atoms with Crippen molar-refractivity contribution in [1.29, 1.82) is 0 Å². The predicted octanol–water partition coefficient (Wildman–Crippen LogP) is 3.90. The Kier molecular flexibility index (Phi) is 3.70. The molecule has 0 fully saturated rings. The van der Waals surface area contributed by atoms with Gasteiger partial charge in [-0.25, -0.2) is 4.98 Å². The predicted molar refractivity (Wildman–Crippen MR) is 73.7 cm³/mol. The van der Waals surface area contributed by atoms with Crippen LogP contribution in [-0.4, -0.2) is 11.0 Å². The number of nitrogens with one attached hydrogen (secondary N) is 1. The molecular weight excluding hydrogens is 208 g/mol. The highest BCUT2D eigenvalue weighted by atomic mass is 15.0. The molecule has 0 atom stereocenters. The SMILES string of the molecule is CC(C)Nc1nc(C(C)C)cc2c1CCCC2. The van der Waals surface area contributed by atoms with Crippen LogP contribution in [0.15, 0.2) is 6.07 Å². The quantitative estimate of drug-likeness (QED) is 0.854. The number of aromatic nitrogens is 1. The first-order valence-corrected chi connectivity index (χ1v) is 6.87. The molecule has 0 aliphatic heterocycles. The lowest BCUT2D eigenvalue weighted by molar-refractivity contribution is 0.674. The van der Waals surface area contributed by atoms with E-state index in [0.717, 1.165) is 5.82 Å². The topological polar surface area (TPSA) is 24.9 Å². The van der Waals surface area contributed by atoms with Crippen LogP contribution in [0, 0.1) is 0 Å². The number of pyridine rings is 1. The summed E-state index contributed by atoms with van der Waals surface area (Å²) in [5, 5.41) is 3.52. The van der Waals surface area contributed by atoms with Gasteiger partial charge in [0.2, 0.25) is 0 Å². The average molecular weight is 232 g/mol. The lowest BCUT2D eigenvalue weighted by atomic mass is 9.90. The van der Waals surface area contributed by atoms with Crippen LogP contribution in [0.4, 0.5) is 5.82 Å². The third-order valence-corrected chi connectivity index (χ3v) is 3.38. The molecule has 0 saturated carbocycles. The van der Waals surface area contributed by atoms with E-state index in [4.69, 9.17) is 4.98 Å². The number of hydrogen-bond donors (Lipinski definition) is 1. The Bertz CT molecular complexity index is 394. The number of fused-ring (bicyclic) bond motifs is 1. The molecule has 0 saturated heterocycles. The van der Waals surface area contributed by atoms with E-state index in [-0.39, 0.29) is 0 Å². The molecule has 2 heteroatoms. The molecule has 1 N–H and O–H groups in total. The second kappa shape index (κ2) is 5.07. The Morgan fingerprint density at radius 1 is 1.12 bits per heavy atom. The summed E-state index contributed by atoms with van der Waals surface area (Å²) in [7, 11) is 0. The Morgan fingerprint density at radius 2 is 1.82 bits per heavy atom. The minimum atomic E-state index is 0.455. The van der Waals surface area contributed by atoms with Crippen molar-refractivity contribution in [3.05, 3.63) is 22.9 Å². The third kappa shape index (κ3) is 2.80. The van der Waals surface area contributed by atoms with Gasteiger partial charge in [-0.2, -0.15) is 0 Å². The van der Waals surface area contributed by atoms with Crippen LogP contribution in [0.25, 0.3) is 0 Å². The molecule has 0 amide bonds. The smallest absolute Gasteiger partial charge is 0.129 e. The van der Waals surface area contributed by atoms with Crippen molar-refractivity contribution in [3.8, 4) is 0 Å². The Labute approximate surface area is 105 Å². The zero-order valence-corrected chi connectivity index (χ0v) is 11.5. The van der Waals surface area contributed by atoms with E-state index in [1.807, 2.05) is 0 Å². The summed E-state index contributed by atoms with van der Waals surface area (Å²) in [5.74, 6) is 1.65. The summed E-state index contributed by atoms with van der Waals surface area (Å²) < 4.78 is 0. The molecule has 0 aromatic carbocycles. The summed E-state index contributed by atoms with van der Waals surface area (Å²) in [4.78, 5) is 4.81. The minimum absolute atomic E-state index is 0.455. The van der Waals surface area contributed by atoms with Gasteiger partial charge in [0.25, 0.3) is 0 Å². The minimum Gasteiger partial charge on any atom is -0.368 e. The van der Waals surface area contributed by atoms with Crippen molar-refractivity contribution in [2.75, 3.05) is 5.32 Å². The number of anilines is 1. The lowest BCUT2D eigenvalue weighted by Crippen LogP contribution is -2.17. The van der Waals surface area contributed by atoms with Crippen LogP contribution < -0.4 is 5.32 Å². The fraction of sp³-hybridized carbons (Fsp3) is 0.667. The first kappa shape index (κ1) is 12.4. The van der Waals surface area contributed by atoms with Crippen molar-refractivity contribution in [2.45, 2.75) is 65.3 Å². The summed E-state index contributed by atoms with van der Waals surface area (Å²) in [6.07, 6.45) is 5.05. The highest BCUT2D eigenvalue weighted by Gasteiger charge is 2.17. The average Bonchev–Trinajstić information content (AvgIpc) is 2.28. The molecule has 0 radical (unpaired) electrons. The first-order valence-electron chi connectivity index (χ1n) is 6.87. The van der Waals surface area contributed by atoms with Gasteiger partial charge in [-0.05, 0) is 62.6 Å². The Morgan fingerprint density at radius 3 is 2.47 bits per heavy atom.